The lowest BCUT2D eigenvalue weighted by atomic mass is 9.73. The number of ether oxygens (including phenoxy) is 1. The maximum Gasteiger partial charge on any atom is 0.231 e. The average Bonchev–Trinajstić information content (AvgIpc) is 3.10. The van der Waals surface area contributed by atoms with Crippen LogP contribution in [0.3, 0.4) is 0 Å². The molecule has 0 spiro atoms. The standard InChI is InChI=1S/C29H40N2O2.C2H4/c1-21-9-11-24(12-10-21)23(3)31-28(32)29(15-17-33-18-16-29)26-13-14-27(30-20-26)19-25-8-6-4-5-7-22(25)2;1-2/h9-14,20,22-23,25H,4-8,15-19H2,1-3H3,(H,31,32);1-2H2. The molecule has 35 heavy (non-hydrogen) atoms. The Balaban J connectivity index is 0.00000167. The van der Waals surface area contributed by atoms with E-state index in [4.69, 9.17) is 9.72 Å². The van der Waals surface area contributed by atoms with E-state index in [2.05, 4.69) is 75.6 Å². The zero-order chi connectivity index (χ0) is 25.3. The zero-order valence-corrected chi connectivity index (χ0v) is 22.0. The van der Waals surface area contributed by atoms with Gasteiger partial charge in [0.25, 0.3) is 0 Å². The van der Waals surface area contributed by atoms with Crippen molar-refractivity contribution in [3.05, 3.63) is 78.1 Å². The Labute approximate surface area is 212 Å². The molecule has 0 radical (unpaired) electrons. The molecule has 2 fully saturated rings. The highest BCUT2D eigenvalue weighted by Gasteiger charge is 2.42. The number of pyridine rings is 1. The number of rotatable bonds is 6. The Kier molecular flexibility index (Phi) is 10.1. The molecular formula is C31H44N2O2. The van der Waals surface area contributed by atoms with Gasteiger partial charge in [-0.3, -0.25) is 9.78 Å². The van der Waals surface area contributed by atoms with Gasteiger partial charge in [-0.05, 0) is 68.6 Å². The smallest absolute Gasteiger partial charge is 0.231 e. The third-order valence-electron chi connectivity index (χ3n) is 8.09. The van der Waals surface area contributed by atoms with E-state index in [1.807, 2.05) is 6.20 Å². The van der Waals surface area contributed by atoms with E-state index < -0.39 is 5.41 Å². The summed E-state index contributed by atoms with van der Waals surface area (Å²) >= 11 is 0. The Bertz CT molecular complexity index is 916. The van der Waals surface area contributed by atoms with Crippen LogP contribution in [0.2, 0.25) is 0 Å². The molecule has 4 nitrogen and oxygen atoms in total. The van der Waals surface area contributed by atoms with E-state index in [1.165, 1.54) is 37.7 Å². The van der Waals surface area contributed by atoms with Crippen LogP contribution in [0.25, 0.3) is 0 Å². The summed E-state index contributed by atoms with van der Waals surface area (Å²) in [4.78, 5) is 18.5. The van der Waals surface area contributed by atoms with Crippen molar-refractivity contribution in [1.29, 1.82) is 0 Å². The second kappa shape index (κ2) is 13.0. The number of aromatic nitrogens is 1. The van der Waals surface area contributed by atoms with Crippen molar-refractivity contribution in [2.45, 2.75) is 83.6 Å². The van der Waals surface area contributed by atoms with E-state index in [1.54, 1.807) is 0 Å². The van der Waals surface area contributed by atoms with Crippen molar-refractivity contribution in [2.75, 3.05) is 13.2 Å². The summed E-state index contributed by atoms with van der Waals surface area (Å²) in [5.74, 6) is 1.58. The number of aryl methyl sites for hydroxylation is 1. The molecule has 1 aromatic carbocycles. The Morgan fingerprint density at radius 3 is 2.43 bits per heavy atom. The topological polar surface area (TPSA) is 51.2 Å². The maximum absolute atomic E-state index is 13.7. The van der Waals surface area contributed by atoms with Crippen molar-refractivity contribution in [1.82, 2.24) is 10.3 Å². The van der Waals surface area contributed by atoms with Crippen molar-refractivity contribution in [2.24, 2.45) is 11.8 Å². The molecule has 4 heteroatoms. The van der Waals surface area contributed by atoms with Gasteiger partial charge in [-0.1, -0.05) is 68.5 Å². The molecule has 2 heterocycles. The van der Waals surface area contributed by atoms with Crippen LogP contribution in [0.15, 0.2) is 55.8 Å². The summed E-state index contributed by atoms with van der Waals surface area (Å²) in [6.45, 7) is 13.8. The summed E-state index contributed by atoms with van der Waals surface area (Å²) in [5.41, 5.74) is 3.97. The van der Waals surface area contributed by atoms with Crippen molar-refractivity contribution < 1.29 is 9.53 Å². The molecule has 1 amide bonds. The summed E-state index contributed by atoms with van der Waals surface area (Å²) in [5, 5.41) is 3.30. The van der Waals surface area contributed by atoms with Crippen LogP contribution in [0.4, 0.5) is 0 Å². The quantitative estimate of drug-likeness (QED) is 0.365. The van der Waals surface area contributed by atoms with Gasteiger partial charge in [0.15, 0.2) is 0 Å². The first-order valence-corrected chi connectivity index (χ1v) is 13.4. The predicted molar refractivity (Wildman–Crippen MR) is 144 cm³/mol. The van der Waals surface area contributed by atoms with E-state index in [9.17, 15) is 4.79 Å². The van der Waals surface area contributed by atoms with Gasteiger partial charge in [-0.2, -0.15) is 0 Å². The molecule has 3 unspecified atom stereocenters. The number of amides is 1. The van der Waals surface area contributed by atoms with Gasteiger partial charge in [0.1, 0.15) is 0 Å². The number of nitrogens with zero attached hydrogens (tertiary/aromatic N) is 1. The SMILES string of the molecule is C=C.Cc1ccc(C(C)NC(=O)C2(c3ccc(CC4CCCCCC4C)nc3)CCOCC2)cc1. The highest BCUT2D eigenvalue weighted by atomic mass is 16.5. The third kappa shape index (κ3) is 6.82. The Hall–Kier alpha value is -2.46. The lowest BCUT2D eigenvalue weighted by molar-refractivity contribution is -0.131. The molecule has 1 aliphatic heterocycles. The van der Waals surface area contributed by atoms with Crippen LogP contribution in [-0.4, -0.2) is 24.1 Å². The summed E-state index contributed by atoms with van der Waals surface area (Å²) in [7, 11) is 0. The molecule has 190 valence electrons. The lowest BCUT2D eigenvalue weighted by Gasteiger charge is -2.37. The molecule has 1 aliphatic carbocycles. The second-order valence-electron chi connectivity index (χ2n) is 10.4. The highest BCUT2D eigenvalue weighted by molar-refractivity contribution is 5.88. The minimum Gasteiger partial charge on any atom is -0.381 e. The zero-order valence-electron chi connectivity index (χ0n) is 22.0. The van der Waals surface area contributed by atoms with Gasteiger partial charge >= 0.3 is 0 Å². The fraction of sp³-hybridized carbons (Fsp3) is 0.548. The Morgan fingerprint density at radius 2 is 1.77 bits per heavy atom. The van der Waals surface area contributed by atoms with Crippen molar-refractivity contribution in [3.8, 4) is 0 Å². The van der Waals surface area contributed by atoms with E-state index in [0.717, 1.165) is 35.1 Å². The molecule has 2 aromatic rings. The van der Waals surface area contributed by atoms with Crippen LogP contribution in [0.1, 0.15) is 87.2 Å². The van der Waals surface area contributed by atoms with Crippen LogP contribution in [0, 0.1) is 18.8 Å². The third-order valence-corrected chi connectivity index (χ3v) is 8.09. The average molecular weight is 477 g/mol. The maximum atomic E-state index is 13.7. The van der Waals surface area contributed by atoms with Gasteiger partial charge in [0.05, 0.1) is 11.5 Å². The molecule has 0 bridgehead atoms. The molecule has 3 atom stereocenters. The first kappa shape index (κ1) is 27.1. The normalized spacial score (nSPS) is 22.7. The summed E-state index contributed by atoms with van der Waals surface area (Å²) in [6, 6.07) is 12.7. The van der Waals surface area contributed by atoms with E-state index >= 15 is 0 Å². The molecular weight excluding hydrogens is 432 g/mol. The molecule has 1 saturated carbocycles. The van der Waals surface area contributed by atoms with E-state index in [-0.39, 0.29) is 11.9 Å². The van der Waals surface area contributed by atoms with Gasteiger partial charge in [-0.15, -0.1) is 13.2 Å². The molecule has 1 aromatic heterocycles. The lowest BCUT2D eigenvalue weighted by Crippen LogP contribution is -2.48. The number of benzene rings is 1. The molecule has 1 saturated heterocycles. The predicted octanol–water partition coefficient (Wildman–Crippen LogP) is 6.88. The van der Waals surface area contributed by atoms with Crippen LogP contribution < -0.4 is 5.32 Å². The minimum absolute atomic E-state index is 0.0400. The first-order chi connectivity index (χ1) is 17.0. The van der Waals surface area contributed by atoms with E-state index in [0.29, 0.717) is 26.1 Å². The Morgan fingerprint density at radius 1 is 1.09 bits per heavy atom. The van der Waals surface area contributed by atoms with Gasteiger partial charge in [-0.25, -0.2) is 0 Å². The van der Waals surface area contributed by atoms with Crippen LogP contribution in [0.5, 0.6) is 0 Å². The van der Waals surface area contributed by atoms with Crippen molar-refractivity contribution in [3.63, 3.8) is 0 Å². The number of nitrogens with one attached hydrogen (secondary N) is 1. The number of hydrogen-bond acceptors (Lipinski definition) is 3. The van der Waals surface area contributed by atoms with Crippen LogP contribution in [-0.2, 0) is 21.4 Å². The van der Waals surface area contributed by atoms with Crippen molar-refractivity contribution >= 4 is 5.91 Å². The fourth-order valence-electron chi connectivity index (χ4n) is 5.61. The fourth-order valence-corrected chi connectivity index (χ4v) is 5.61. The summed E-state index contributed by atoms with van der Waals surface area (Å²) in [6.07, 6.45) is 11.1. The minimum atomic E-state index is -0.571. The molecule has 4 rings (SSSR count). The summed E-state index contributed by atoms with van der Waals surface area (Å²) < 4.78 is 5.65. The molecule has 2 aliphatic rings. The largest absolute Gasteiger partial charge is 0.381 e. The monoisotopic (exact) mass is 476 g/mol. The van der Waals surface area contributed by atoms with Crippen LogP contribution >= 0.6 is 0 Å². The molecule has 1 N–H and O–H groups in total. The highest BCUT2D eigenvalue weighted by Crippen LogP contribution is 2.36. The number of carbonyl (C=O) groups excluding carboxylic acids is 1. The second-order valence-corrected chi connectivity index (χ2v) is 10.4. The first-order valence-electron chi connectivity index (χ1n) is 13.4. The van der Waals surface area contributed by atoms with Gasteiger partial charge < -0.3 is 10.1 Å². The van der Waals surface area contributed by atoms with Gasteiger partial charge in [0, 0.05) is 25.1 Å². The number of hydrogen-bond donors (Lipinski definition) is 1. The number of carbonyl (C=O) groups is 1. The van der Waals surface area contributed by atoms with Gasteiger partial charge in [0.2, 0.25) is 5.91 Å².